The summed E-state index contributed by atoms with van der Waals surface area (Å²) in [7, 11) is 0. The number of phenols is 1. The highest BCUT2D eigenvalue weighted by atomic mass is 16.3. The normalized spacial score (nSPS) is 12.2. The Hall–Kier alpha value is -1.55. The average molecular weight is 223 g/mol. The molecular weight excluding hydrogens is 206 g/mol. The molecule has 0 aliphatic carbocycles. The lowest BCUT2D eigenvalue weighted by Gasteiger charge is -2.12. The first-order chi connectivity index (χ1) is 7.54. The van der Waals surface area contributed by atoms with E-state index in [1.165, 1.54) is 13.0 Å². The first-order valence-electron chi connectivity index (χ1n) is 5.33. The Morgan fingerprint density at radius 3 is 2.69 bits per heavy atom. The van der Waals surface area contributed by atoms with Gasteiger partial charge in [0.05, 0.1) is 11.8 Å². The quantitative estimate of drug-likeness (QED) is 0.685. The predicted octanol–water partition coefficient (Wildman–Crippen LogP) is 2.18. The van der Waals surface area contributed by atoms with Crippen LogP contribution in [0.3, 0.4) is 0 Å². The van der Waals surface area contributed by atoms with Gasteiger partial charge in [-0.25, -0.2) is 0 Å². The van der Waals surface area contributed by atoms with Crippen LogP contribution in [0, 0.1) is 0 Å². The fraction of sp³-hybridized carbons (Fsp3) is 0.417. The number of nitrogens with one attached hydrogen (secondary N) is 1. The second-order valence-electron chi connectivity index (χ2n) is 3.76. The Balaban J connectivity index is 2.85. The molecule has 0 fully saturated rings. The van der Waals surface area contributed by atoms with Crippen LogP contribution in [-0.4, -0.2) is 16.1 Å². The van der Waals surface area contributed by atoms with E-state index in [9.17, 15) is 15.0 Å². The van der Waals surface area contributed by atoms with Crippen molar-refractivity contribution in [3.8, 4) is 5.75 Å². The molecule has 1 unspecified atom stereocenters. The van der Waals surface area contributed by atoms with Crippen molar-refractivity contribution in [2.24, 2.45) is 0 Å². The van der Waals surface area contributed by atoms with Crippen molar-refractivity contribution in [2.45, 2.75) is 32.8 Å². The second-order valence-corrected chi connectivity index (χ2v) is 3.76. The Bertz CT molecular complexity index is 377. The summed E-state index contributed by atoms with van der Waals surface area (Å²) < 4.78 is 0. The molecule has 0 aliphatic rings. The molecule has 0 aliphatic heterocycles. The number of carbonyl (C=O) groups excluding carboxylic acids is 1. The molecule has 1 atom stereocenters. The number of amides is 1. The van der Waals surface area contributed by atoms with Gasteiger partial charge in [0.2, 0.25) is 5.91 Å². The zero-order chi connectivity index (χ0) is 12.1. The number of hydrogen-bond donors (Lipinski definition) is 3. The Labute approximate surface area is 94.9 Å². The lowest BCUT2D eigenvalue weighted by Crippen LogP contribution is -2.06. The Morgan fingerprint density at radius 1 is 1.50 bits per heavy atom. The number of benzene rings is 1. The van der Waals surface area contributed by atoms with E-state index in [-0.39, 0.29) is 11.7 Å². The monoisotopic (exact) mass is 223 g/mol. The molecule has 0 saturated carbocycles. The summed E-state index contributed by atoms with van der Waals surface area (Å²) in [5, 5.41) is 21.9. The lowest BCUT2D eigenvalue weighted by atomic mass is 10.0. The number of anilines is 1. The van der Waals surface area contributed by atoms with Gasteiger partial charge in [-0.1, -0.05) is 19.4 Å². The largest absolute Gasteiger partial charge is 0.506 e. The summed E-state index contributed by atoms with van der Waals surface area (Å²) in [6.45, 7) is 3.36. The number of aliphatic hydroxyl groups is 1. The number of phenolic OH excluding ortho intramolecular Hbond substituents is 1. The van der Waals surface area contributed by atoms with E-state index < -0.39 is 6.10 Å². The SMILES string of the molecule is CCCC(O)c1ccc(NC(C)=O)c(O)c1. The molecule has 1 rings (SSSR count). The van der Waals surface area contributed by atoms with Gasteiger partial charge in [-0.15, -0.1) is 0 Å². The molecule has 88 valence electrons. The fourth-order valence-corrected chi connectivity index (χ4v) is 1.49. The third kappa shape index (κ3) is 3.24. The number of rotatable bonds is 4. The maximum absolute atomic E-state index is 10.8. The number of hydrogen-bond acceptors (Lipinski definition) is 3. The van der Waals surface area contributed by atoms with Crippen molar-refractivity contribution in [3.05, 3.63) is 23.8 Å². The molecule has 0 saturated heterocycles. The van der Waals surface area contributed by atoms with Crippen molar-refractivity contribution in [1.82, 2.24) is 0 Å². The third-order valence-electron chi connectivity index (χ3n) is 2.28. The molecule has 0 aromatic heterocycles. The number of aliphatic hydroxyl groups excluding tert-OH is 1. The average Bonchev–Trinajstić information content (AvgIpc) is 2.20. The van der Waals surface area contributed by atoms with Crippen LogP contribution >= 0.6 is 0 Å². The zero-order valence-electron chi connectivity index (χ0n) is 9.53. The molecule has 3 N–H and O–H groups in total. The minimum absolute atomic E-state index is 0.0251. The first kappa shape index (κ1) is 12.5. The molecule has 1 amide bonds. The van der Waals surface area contributed by atoms with Gasteiger partial charge in [0.25, 0.3) is 0 Å². The van der Waals surface area contributed by atoms with E-state index in [2.05, 4.69) is 5.32 Å². The van der Waals surface area contributed by atoms with E-state index in [4.69, 9.17) is 0 Å². The van der Waals surface area contributed by atoms with Crippen LogP contribution in [0.5, 0.6) is 5.75 Å². The van der Waals surface area contributed by atoms with Crippen molar-refractivity contribution >= 4 is 11.6 Å². The van der Waals surface area contributed by atoms with Gasteiger partial charge in [-0.3, -0.25) is 4.79 Å². The van der Waals surface area contributed by atoms with E-state index in [0.717, 1.165) is 6.42 Å². The molecule has 0 bridgehead atoms. The number of aromatic hydroxyl groups is 1. The Morgan fingerprint density at radius 2 is 2.19 bits per heavy atom. The van der Waals surface area contributed by atoms with Crippen LogP contribution in [0.1, 0.15) is 38.4 Å². The molecule has 1 aromatic carbocycles. The van der Waals surface area contributed by atoms with Gasteiger partial charge in [0, 0.05) is 6.92 Å². The smallest absolute Gasteiger partial charge is 0.221 e. The molecular formula is C12H17NO3. The summed E-state index contributed by atoms with van der Waals surface area (Å²) in [5.74, 6) is -0.264. The highest BCUT2D eigenvalue weighted by Gasteiger charge is 2.09. The van der Waals surface area contributed by atoms with Crippen molar-refractivity contribution < 1.29 is 15.0 Å². The molecule has 16 heavy (non-hydrogen) atoms. The van der Waals surface area contributed by atoms with Crippen LogP contribution in [0.25, 0.3) is 0 Å². The van der Waals surface area contributed by atoms with E-state index in [0.29, 0.717) is 17.7 Å². The van der Waals surface area contributed by atoms with Crippen LogP contribution in [0.2, 0.25) is 0 Å². The summed E-state index contributed by atoms with van der Waals surface area (Å²) >= 11 is 0. The second kappa shape index (κ2) is 5.51. The first-order valence-corrected chi connectivity index (χ1v) is 5.33. The predicted molar refractivity (Wildman–Crippen MR) is 62.3 cm³/mol. The zero-order valence-corrected chi connectivity index (χ0v) is 9.53. The van der Waals surface area contributed by atoms with E-state index in [1.807, 2.05) is 6.92 Å². The van der Waals surface area contributed by atoms with E-state index in [1.54, 1.807) is 12.1 Å². The highest BCUT2D eigenvalue weighted by molar-refractivity contribution is 5.90. The van der Waals surface area contributed by atoms with Gasteiger partial charge in [-0.05, 0) is 24.1 Å². The lowest BCUT2D eigenvalue weighted by molar-refractivity contribution is -0.114. The van der Waals surface area contributed by atoms with Gasteiger partial charge < -0.3 is 15.5 Å². The number of carbonyl (C=O) groups is 1. The van der Waals surface area contributed by atoms with Gasteiger partial charge >= 0.3 is 0 Å². The van der Waals surface area contributed by atoms with Gasteiger partial charge in [0.15, 0.2) is 0 Å². The van der Waals surface area contributed by atoms with Crippen LogP contribution < -0.4 is 5.32 Å². The highest BCUT2D eigenvalue weighted by Crippen LogP contribution is 2.28. The fourth-order valence-electron chi connectivity index (χ4n) is 1.49. The maximum Gasteiger partial charge on any atom is 0.221 e. The van der Waals surface area contributed by atoms with Gasteiger partial charge in [0.1, 0.15) is 5.75 Å². The summed E-state index contributed by atoms with van der Waals surface area (Å²) in [6.07, 6.45) is 0.955. The van der Waals surface area contributed by atoms with Crippen molar-refractivity contribution in [2.75, 3.05) is 5.32 Å². The van der Waals surface area contributed by atoms with E-state index >= 15 is 0 Å². The Kier molecular flexibility index (Phi) is 4.31. The molecule has 4 nitrogen and oxygen atoms in total. The van der Waals surface area contributed by atoms with Crippen LogP contribution in [-0.2, 0) is 4.79 Å². The summed E-state index contributed by atoms with van der Waals surface area (Å²) in [5.41, 5.74) is 1.02. The molecule has 0 spiro atoms. The topological polar surface area (TPSA) is 69.6 Å². The molecule has 1 aromatic rings. The van der Waals surface area contributed by atoms with Crippen molar-refractivity contribution in [3.63, 3.8) is 0 Å². The standard InChI is InChI=1S/C12H17NO3/c1-3-4-11(15)9-5-6-10(12(16)7-9)13-8(2)14/h5-7,11,15-16H,3-4H2,1-2H3,(H,13,14). The molecule has 4 heteroatoms. The molecule has 0 heterocycles. The third-order valence-corrected chi connectivity index (χ3v) is 2.28. The van der Waals surface area contributed by atoms with Crippen LogP contribution in [0.15, 0.2) is 18.2 Å². The summed E-state index contributed by atoms with van der Waals surface area (Å²) in [4.78, 5) is 10.8. The maximum atomic E-state index is 10.8. The van der Waals surface area contributed by atoms with Crippen LogP contribution in [0.4, 0.5) is 5.69 Å². The van der Waals surface area contributed by atoms with Crippen molar-refractivity contribution in [1.29, 1.82) is 0 Å². The minimum Gasteiger partial charge on any atom is -0.506 e. The summed E-state index contributed by atoms with van der Waals surface area (Å²) in [6, 6.07) is 4.77. The van der Waals surface area contributed by atoms with Gasteiger partial charge in [-0.2, -0.15) is 0 Å². The minimum atomic E-state index is -0.567. The molecule has 0 radical (unpaired) electrons.